The molecule has 0 aromatic heterocycles. The molecule has 0 spiro atoms. The number of hydrogen-bond donors (Lipinski definition) is 1. The van der Waals surface area contributed by atoms with Crippen molar-refractivity contribution in [1.82, 2.24) is 10.2 Å². The number of likely N-dealkylation sites (N-methyl/N-ethyl adjacent to an activating group) is 1. The van der Waals surface area contributed by atoms with Crippen LogP contribution in [-0.2, 0) is 17.5 Å². The molecule has 2 rings (SSSR count). The van der Waals surface area contributed by atoms with E-state index in [2.05, 4.69) is 11.4 Å². The lowest BCUT2D eigenvalue weighted by Gasteiger charge is -2.34. The molecule has 1 atom stereocenters. The highest BCUT2D eigenvalue weighted by Gasteiger charge is 2.35. The number of nitriles is 1. The molecular formula is C19H24F3N3O. The molecular weight excluding hydrogens is 343 g/mol. The van der Waals surface area contributed by atoms with Gasteiger partial charge in [0, 0.05) is 6.54 Å². The van der Waals surface area contributed by atoms with E-state index in [4.69, 9.17) is 0 Å². The van der Waals surface area contributed by atoms with Gasteiger partial charge in [-0.05, 0) is 44.5 Å². The van der Waals surface area contributed by atoms with Crippen molar-refractivity contribution in [2.75, 3.05) is 7.05 Å². The Labute approximate surface area is 152 Å². The van der Waals surface area contributed by atoms with E-state index in [0.717, 1.165) is 31.4 Å². The second-order valence-electron chi connectivity index (χ2n) is 7.03. The van der Waals surface area contributed by atoms with Crippen molar-refractivity contribution in [3.05, 3.63) is 35.4 Å². The molecule has 1 unspecified atom stereocenters. The molecule has 142 valence electrons. The van der Waals surface area contributed by atoms with Gasteiger partial charge in [-0.25, -0.2) is 0 Å². The van der Waals surface area contributed by atoms with Gasteiger partial charge in [-0.1, -0.05) is 31.4 Å². The minimum absolute atomic E-state index is 0.233. The summed E-state index contributed by atoms with van der Waals surface area (Å²) in [6.45, 7) is 2.07. The average Bonchev–Trinajstić information content (AvgIpc) is 2.61. The second-order valence-corrected chi connectivity index (χ2v) is 7.03. The normalized spacial score (nSPS) is 18.2. The summed E-state index contributed by atoms with van der Waals surface area (Å²) in [4.78, 5) is 14.3. The maximum Gasteiger partial charge on any atom is 0.416 e. The summed E-state index contributed by atoms with van der Waals surface area (Å²) in [6, 6.07) is 6.68. The van der Waals surface area contributed by atoms with Gasteiger partial charge in [0.1, 0.15) is 5.54 Å². The van der Waals surface area contributed by atoms with Crippen molar-refractivity contribution >= 4 is 5.91 Å². The molecule has 1 amide bonds. The minimum atomic E-state index is -4.36. The summed E-state index contributed by atoms with van der Waals surface area (Å²) in [5.41, 5.74) is -0.797. The first-order valence-corrected chi connectivity index (χ1v) is 8.76. The molecule has 1 fully saturated rings. The van der Waals surface area contributed by atoms with Crippen molar-refractivity contribution in [2.45, 2.75) is 63.3 Å². The molecule has 0 saturated heterocycles. The minimum Gasteiger partial charge on any atom is -0.336 e. The van der Waals surface area contributed by atoms with Crippen molar-refractivity contribution in [1.29, 1.82) is 5.26 Å². The Bertz CT molecular complexity index is 658. The third-order valence-electron chi connectivity index (χ3n) is 5.04. The number of carbonyl (C=O) groups is 1. The first kappa shape index (κ1) is 20.2. The second kappa shape index (κ2) is 8.09. The largest absolute Gasteiger partial charge is 0.416 e. The van der Waals surface area contributed by atoms with E-state index in [1.807, 2.05) is 0 Å². The summed E-state index contributed by atoms with van der Waals surface area (Å²) in [6.07, 6.45) is -0.131. The van der Waals surface area contributed by atoms with Crippen LogP contribution < -0.4 is 5.32 Å². The molecule has 26 heavy (non-hydrogen) atoms. The van der Waals surface area contributed by atoms with Crippen LogP contribution in [0.3, 0.4) is 0 Å². The summed E-state index contributed by atoms with van der Waals surface area (Å²) >= 11 is 0. The molecule has 1 aliphatic rings. The zero-order valence-corrected chi connectivity index (χ0v) is 15.1. The molecule has 0 heterocycles. The lowest BCUT2D eigenvalue weighted by Crippen LogP contribution is -2.54. The van der Waals surface area contributed by atoms with Gasteiger partial charge in [-0.3, -0.25) is 9.69 Å². The number of nitrogens with zero attached hydrogens (tertiary/aromatic N) is 2. The lowest BCUT2D eigenvalue weighted by atomic mass is 9.82. The molecule has 1 aromatic rings. The number of halogens is 3. The Morgan fingerprint density at radius 1 is 1.27 bits per heavy atom. The van der Waals surface area contributed by atoms with E-state index >= 15 is 0 Å². The Hall–Kier alpha value is -2.07. The summed E-state index contributed by atoms with van der Waals surface area (Å²) in [5, 5.41) is 12.4. The molecule has 1 saturated carbocycles. The van der Waals surface area contributed by atoms with E-state index < -0.39 is 23.3 Å². The fraction of sp³-hybridized carbons (Fsp3) is 0.579. The molecule has 0 radical (unpaired) electrons. The zero-order valence-electron chi connectivity index (χ0n) is 15.1. The first-order chi connectivity index (χ1) is 12.2. The molecule has 1 aliphatic carbocycles. The van der Waals surface area contributed by atoms with E-state index in [1.54, 1.807) is 18.9 Å². The molecule has 1 N–H and O–H groups in total. The Morgan fingerprint density at radius 3 is 2.35 bits per heavy atom. The number of hydrogen-bond acceptors (Lipinski definition) is 3. The van der Waals surface area contributed by atoms with Crippen LogP contribution in [0, 0.1) is 11.3 Å². The fourth-order valence-electron chi connectivity index (χ4n) is 3.18. The first-order valence-electron chi connectivity index (χ1n) is 8.76. The predicted molar refractivity (Wildman–Crippen MR) is 91.9 cm³/mol. The molecule has 1 aromatic carbocycles. The van der Waals surface area contributed by atoms with Gasteiger partial charge in [0.25, 0.3) is 0 Å². The number of amides is 1. The zero-order chi connectivity index (χ0) is 19.4. The van der Waals surface area contributed by atoms with Crippen LogP contribution >= 0.6 is 0 Å². The molecule has 0 aliphatic heterocycles. The highest BCUT2D eigenvalue weighted by molar-refractivity contribution is 5.82. The van der Waals surface area contributed by atoms with Crippen molar-refractivity contribution in [3.63, 3.8) is 0 Å². The third-order valence-corrected chi connectivity index (χ3v) is 5.04. The Kier molecular flexibility index (Phi) is 6.30. The Balaban J connectivity index is 1.97. The SMILES string of the molecule is CC(C(=O)NC1(C#N)CCCCC1)N(C)Cc1ccc(C(F)(F)F)cc1. The quantitative estimate of drug-likeness (QED) is 0.860. The van der Waals surface area contributed by atoms with E-state index in [-0.39, 0.29) is 5.91 Å². The Morgan fingerprint density at radius 2 is 1.85 bits per heavy atom. The van der Waals surface area contributed by atoms with Gasteiger partial charge in [-0.15, -0.1) is 0 Å². The van der Waals surface area contributed by atoms with Gasteiger partial charge in [-0.2, -0.15) is 18.4 Å². The number of carbonyl (C=O) groups excluding carboxylic acids is 1. The van der Waals surface area contributed by atoms with Crippen LogP contribution in [0.5, 0.6) is 0 Å². The maximum atomic E-state index is 12.6. The van der Waals surface area contributed by atoms with E-state index in [9.17, 15) is 23.2 Å². The lowest BCUT2D eigenvalue weighted by molar-refractivity contribution is -0.137. The molecule has 7 heteroatoms. The topological polar surface area (TPSA) is 56.1 Å². The standard InChI is InChI=1S/C19H24F3N3O/c1-14(17(26)24-18(13-23)10-4-3-5-11-18)25(2)12-15-6-8-16(9-7-15)19(20,21)22/h6-9,14H,3-5,10-12H2,1-2H3,(H,24,26). The molecule has 4 nitrogen and oxygen atoms in total. The number of benzene rings is 1. The van der Waals surface area contributed by atoms with Crippen molar-refractivity contribution < 1.29 is 18.0 Å². The van der Waals surface area contributed by atoms with E-state index in [0.29, 0.717) is 24.9 Å². The van der Waals surface area contributed by atoms with Crippen LogP contribution in [-0.4, -0.2) is 29.4 Å². The predicted octanol–water partition coefficient (Wildman–Crippen LogP) is 3.87. The van der Waals surface area contributed by atoms with Gasteiger partial charge in [0.2, 0.25) is 5.91 Å². The van der Waals surface area contributed by atoms with Gasteiger partial charge in [0.05, 0.1) is 17.7 Å². The third kappa shape index (κ3) is 4.98. The van der Waals surface area contributed by atoms with Gasteiger partial charge < -0.3 is 5.32 Å². The smallest absolute Gasteiger partial charge is 0.336 e. The highest BCUT2D eigenvalue weighted by atomic mass is 19.4. The van der Waals surface area contributed by atoms with Crippen LogP contribution in [0.4, 0.5) is 13.2 Å². The van der Waals surface area contributed by atoms with Crippen LogP contribution in [0.1, 0.15) is 50.2 Å². The van der Waals surface area contributed by atoms with E-state index in [1.165, 1.54) is 12.1 Å². The summed E-state index contributed by atoms with van der Waals surface area (Å²) < 4.78 is 37.9. The van der Waals surface area contributed by atoms with Crippen molar-refractivity contribution in [3.8, 4) is 6.07 Å². The maximum absolute atomic E-state index is 12.6. The summed E-state index contributed by atoms with van der Waals surface area (Å²) in [7, 11) is 1.74. The molecule has 0 bridgehead atoms. The van der Waals surface area contributed by atoms with Crippen LogP contribution in [0.25, 0.3) is 0 Å². The van der Waals surface area contributed by atoms with Gasteiger partial charge >= 0.3 is 6.18 Å². The van der Waals surface area contributed by atoms with Crippen molar-refractivity contribution in [2.24, 2.45) is 0 Å². The highest BCUT2D eigenvalue weighted by Crippen LogP contribution is 2.29. The monoisotopic (exact) mass is 367 g/mol. The summed E-state index contributed by atoms with van der Waals surface area (Å²) in [5.74, 6) is -0.233. The van der Waals surface area contributed by atoms with Crippen LogP contribution in [0.15, 0.2) is 24.3 Å². The van der Waals surface area contributed by atoms with Crippen LogP contribution in [0.2, 0.25) is 0 Å². The number of nitrogens with one attached hydrogen (secondary N) is 1. The average molecular weight is 367 g/mol. The number of alkyl halides is 3. The fourth-order valence-corrected chi connectivity index (χ4v) is 3.18. The number of rotatable bonds is 5. The van der Waals surface area contributed by atoms with Gasteiger partial charge in [0.15, 0.2) is 0 Å².